The van der Waals surface area contributed by atoms with Crippen LogP contribution in [0.1, 0.15) is 69.7 Å². The zero-order chi connectivity index (χ0) is 24.3. The van der Waals surface area contributed by atoms with Gasteiger partial charge >= 0.3 is 0 Å². The summed E-state index contributed by atoms with van der Waals surface area (Å²) < 4.78 is 34.4. The van der Waals surface area contributed by atoms with E-state index in [2.05, 4.69) is 16.5 Å². The van der Waals surface area contributed by atoms with E-state index in [1.165, 1.54) is 6.26 Å². The van der Waals surface area contributed by atoms with Crippen molar-refractivity contribution in [3.8, 4) is 23.3 Å². The van der Waals surface area contributed by atoms with Gasteiger partial charge in [0.1, 0.15) is 21.7 Å². The highest BCUT2D eigenvalue weighted by Gasteiger charge is 2.42. The molecule has 2 aromatic rings. The Bertz CT molecular complexity index is 1140. The Labute approximate surface area is 202 Å². The first-order valence-electron chi connectivity index (χ1n) is 12.2. The van der Waals surface area contributed by atoms with Crippen molar-refractivity contribution in [2.75, 3.05) is 18.6 Å². The second-order valence-electron chi connectivity index (χ2n) is 9.93. The van der Waals surface area contributed by atoms with Crippen molar-refractivity contribution in [2.24, 2.45) is 11.8 Å². The highest BCUT2D eigenvalue weighted by molar-refractivity contribution is 7.90. The van der Waals surface area contributed by atoms with Gasteiger partial charge in [-0.2, -0.15) is 10.2 Å². The first-order valence-corrected chi connectivity index (χ1v) is 14.3. The van der Waals surface area contributed by atoms with Gasteiger partial charge in [0.15, 0.2) is 5.82 Å². The predicted molar refractivity (Wildman–Crippen MR) is 129 cm³/mol. The van der Waals surface area contributed by atoms with Crippen molar-refractivity contribution < 1.29 is 17.7 Å². The number of nitrogens with zero attached hydrogens (tertiary/aromatic N) is 3. The van der Waals surface area contributed by atoms with E-state index in [1.807, 2.05) is 19.9 Å². The zero-order valence-electron chi connectivity index (χ0n) is 20.2. The highest BCUT2D eigenvalue weighted by Crippen LogP contribution is 2.47. The van der Waals surface area contributed by atoms with E-state index < -0.39 is 9.84 Å². The molecule has 2 saturated carbocycles. The van der Waals surface area contributed by atoms with E-state index in [9.17, 15) is 13.7 Å². The maximum absolute atomic E-state index is 11.5. The third-order valence-electron chi connectivity index (χ3n) is 7.05. The highest BCUT2D eigenvalue weighted by atomic mass is 32.2. The second kappa shape index (κ2) is 10.4. The van der Waals surface area contributed by atoms with Crippen LogP contribution in [0.2, 0.25) is 0 Å². The summed E-state index contributed by atoms with van der Waals surface area (Å²) in [5, 5.41) is 17.4. The summed E-state index contributed by atoms with van der Waals surface area (Å²) in [5.74, 6) is 3.06. The SMILES string of the molecule is CC(C)Oc1ccc(-c2nc([C@@H]3CCC[C@@H]4[C@H]3CCC[C@H]4NCCS(C)(=O)=O)no2)cc1C#N. The molecule has 0 amide bonds. The third-order valence-corrected chi connectivity index (χ3v) is 8.00. The number of hydrogen-bond acceptors (Lipinski definition) is 8. The van der Waals surface area contributed by atoms with Crippen LogP contribution >= 0.6 is 0 Å². The van der Waals surface area contributed by atoms with Gasteiger partial charge < -0.3 is 14.6 Å². The van der Waals surface area contributed by atoms with Gasteiger partial charge in [-0.3, -0.25) is 0 Å². The standard InChI is InChI=1S/C25H34N4O4S/c1-16(2)32-23-11-10-17(14-18(23)15-26)25-28-24(29-33-25)21-8-4-7-20-19(21)6-5-9-22(20)27-12-13-34(3,30)31/h10-11,14,16,19-22,27H,4-9,12-13H2,1-3H3/t19-,20-,21-,22-/m1/s1. The molecule has 4 rings (SSSR count). The van der Waals surface area contributed by atoms with Crippen LogP contribution in [0.4, 0.5) is 0 Å². The van der Waals surface area contributed by atoms with Crippen LogP contribution in [-0.2, 0) is 9.84 Å². The molecule has 0 bridgehead atoms. The van der Waals surface area contributed by atoms with Crippen molar-refractivity contribution >= 4 is 9.84 Å². The van der Waals surface area contributed by atoms with Crippen molar-refractivity contribution in [3.63, 3.8) is 0 Å². The molecule has 1 heterocycles. The maximum Gasteiger partial charge on any atom is 0.257 e. The lowest BCUT2D eigenvalue weighted by atomic mass is 9.63. The van der Waals surface area contributed by atoms with E-state index >= 15 is 0 Å². The Balaban J connectivity index is 1.49. The average Bonchev–Trinajstić information content (AvgIpc) is 3.28. The number of rotatable bonds is 8. The largest absolute Gasteiger partial charge is 0.490 e. The van der Waals surface area contributed by atoms with Crippen molar-refractivity contribution in [2.45, 2.75) is 70.4 Å². The normalized spacial score (nSPS) is 25.0. The number of nitriles is 1. The first kappa shape index (κ1) is 24.7. The average molecular weight is 487 g/mol. The van der Waals surface area contributed by atoms with Gasteiger partial charge in [-0.15, -0.1) is 0 Å². The summed E-state index contributed by atoms with van der Waals surface area (Å²) in [5.41, 5.74) is 1.15. The van der Waals surface area contributed by atoms with Crippen LogP contribution in [0.3, 0.4) is 0 Å². The molecule has 9 heteroatoms. The summed E-state index contributed by atoms with van der Waals surface area (Å²) >= 11 is 0. The summed E-state index contributed by atoms with van der Waals surface area (Å²) in [4.78, 5) is 4.75. The zero-order valence-corrected chi connectivity index (χ0v) is 21.0. The lowest BCUT2D eigenvalue weighted by Crippen LogP contribution is -2.47. The van der Waals surface area contributed by atoms with E-state index in [0.717, 1.165) is 44.3 Å². The molecule has 1 aromatic carbocycles. The number of benzene rings is 1. The van der Waals surface area contributed by atoms with Crippen LogP contribution in [0.5, 0.6) is 5.75 Å². The van der Waals surface area contributed by atoms with E-state index in [4.69, 9.17) is 14.2 Å². The quantitative estimate of drug-likeness (QED) is 0.593. The van der Waals surface area contributed by atoms with Gasteiger partial charge in [0.2, 0.25) is 0 Å². The molecule has 0 unspecified atom stereocenters. The van der Waals surface area contributed by atoms with Crippen molar-refractivity contribution in [3.05, 3.63) is 29.6 Å². The number of ether oxygens (including phenoxy) is 1. The molecule has 2 aliphatic carbocycles. The molecule has 0 aliphatic heterocycles. The fourth-order valence-corrected chi connectivity index (χ4v) is 6.10. The van der Waals surface area contributed by atoms with Gasteiger partial charge in [0.05, 0.1) is 17.4 Å². The fraction of sp³-hybridized carbons (Fsp3) is 0.640. The molecule has 0 saturated heterocycles. The monoisotopic (exact) mass is 486 g/mol. The van der Waals surface area contributed by atoms with Crippen molar-refractivity contribution in [1.82, 2.24) is 15.5 Å². The number of hydrogen-bond donors (Lipinski definition) is 1. The lowest BCUT2D eigenvalue weighted by molar-refractivity contribution is 0.102. The van der Waals surface area contributed by atoms with Crippen LogP contribution in [0.15, 0.2) is 22.7 Å². The molecule has 0 radical (unpaired) electrons. The maximum atomic E-state index is 11.5. The molecule has 34 heavy (non-hydrogen) atoms. The molecule has 0 spiro atoms. The predicted octanol–water partition coefficient (Wildman–Crippen LogP) is 4.08. The van der Waals surface area contributed by atoms with Crippen LogP contribution < -0.4 is 10.1 Å². The molecule has 1 N–H and O–H groups in total. The first-order chi connectivity index (χ1) is 16.2. The fourth-order valence-electron chi connectivity index (χ4n) is 5.62. The molecule has 184 valence electrons. The van der Waals surface area contributed by atoms with Crippen molar-refractivity contribution in [1.29, 1.82) is 5.26 Å². The smallest absolute Gasteiger partial charge is 0.257 e. The Kier molecular flexibility index (Phi) is 7.58. The Morgan fingerprint density at radius 1 is 1.21 bits per heavy atom. The van der Waals surface area contributed by atoms with Gasteiger partial charge in [0.25, 0.3) is 5.89 Å². The molecular weight excluding hydrogens is 452 g/mol. The van der Waals surface area contributed by atoms with E-state index in [0.29, 0.717) is 47.2 Å². The van der Waals surface area contributed by atoms with Gasteiger partial charge in [-0.1, -0.05) is 18.0 Å². The van der Waals surface area contributed by atoms with Crippen LogP contribution in [-0.4, -0.2) is 49.3 Å². The molecule has 2 fully saturated rings. The van der Waals surface area contributed by atoms with Gasteiger partial charge in [-0.05, 0) is 69.6 Å². The number of fused-ring (bicyclic) bond motifs is 1. The summed E-state index contributed by atoms with van der Waals surface area (Å²) in [6.07, 6.45) is 7.86. The Morgan fingerprint density at radius 3 is 2.71 bits per heavy atom. The van der Waals surface area contributed by atoms with Crippen LogP contribution in [0, 0.1) is 23.2 Å². The Hall–Kier alpha value is -2.44. The van der Waals surface area contributed by atoms with E-state index in [-0.39, 0.29) is 17.8 Å². The number of sulfone groups is 1. The number of nitrogens with one attached hydrogen (secondary N) is 1. The van der Waals surface area contributed by atoms with Crippen LogP contribution in [0.25, 0.3) is 11.5 Å². The second-order valence-corrected chi connectivity index (χ2v) is 12.2. The van der Waals surface area contributed by atoms with Gasteiger partial charge in [-0.25, -0.2) is 8.42 Å². The molecule has 2 aliphatic rings. The molecule has 1 aromatic heterocycles. The molecule has 4 atom stereocenters. The minimum atomic E-state index is -2.97. The Morgan fingerprint density at radius 2 is 1.97 bits per heavy atom. The molecular formula is C25H34N4O4S. The minimum absolute atomic E-state index is 0.0209. The van der Waals surface area contributed by atoms with Gasteiger partial charge in [0, 0.05) is 30.3 Å². The topological polar surface area (TPSA) is 118 Å². The minimum Gasteiger partial charge on any atom is -0.490 e. The summed E-state index contributed by atoms with van der Waals surface area (Å²) in [7, 11) is -2.97. The number of aromatic nitrogens is 2. The molecule has 8 nitrogen and oxygen atoms in total. The summed E-state index contributed by atoms with van der Waals surface area (Å²) in [6, 6.07) is 7.89. The summed E-state index contributed by atoms with van der Waals surface area (Å²) in [6.45, 7) is 4.35. The lowest BCUT2D eigenvalue weighted by Gasteiger charge is -2.45. The van der Waals surface area contributed by atoms with E-state index in [1.54, 1.807) is 12.1 Å². The third kappa shape index (κ3) is 5.78.